The number of hydrogen-bond donors (Lipinski definition) is 5. The van der Waals surface area contributed by atoms with E-state index in [0.717, 1.165) is 24.8 Å². The summed E-state index contributed by atoms with van der Waals surface area (Å²) in [5.74, 6) is -1.61. The van der Waals surface area contributed by atoms with Crippen molar-refractivity contribution in [3.8, 4) is 0 Å². The molecule has 4 rings (SSSR count). The van der Waals surface area contributed by atoms with Crippen molar-refractivity contribution >= 4 is 29.5 Å². The maximum Gasteiger partial charge on any atom is 0.251 e. The number of carbonyl (C=O) groups excluding carboxylic acids is 5. The first kappa shape index (κ1) is 31.7. The molecule has 43 heavy (non-hydrogen) atoms. The van der Waals surface area contributed by atoms with Gasteiger partial charge in [0.05, 0.1) is 12.1 Å². The zero-order chi connectivity index (χ0) is 30.9. The molecule has 0 bridgehead atoms. The number of nitrogens with zero attached hydrogens (tertiary/aromatic N) is 1. The van der Waals surface area contributed by atoms with Gasteiger partial charge in [-0.1, -0.05) is 30.3 Å². The molecule has 1 fully saturated rings. The summed E-state index contributed by atoms with van der Waals surface area (Å²) >= 11 is 0. The second-order valence-corrected chi connectivity index (χ2v) is 11.1. The van der Waals surface area contributed by atoms with Gasteiger partial charge in [-0.15, -0.1) is 0 Å². The predicted octanol–water partition coefficient (Wildman–Crippen LogP) is 1.44. The molecule has 0 saturated carbocycles. The number of amides is 5. The highest BCUT2D eigenvalue weighted by Gasteiger charge is 2.39. The molecule has 0 spiro atoms. The van der Waals surface area contributed by atoms with Crippen LogP contribution in [-0.4, -0.2) is 79.7 Å². The zero-order valence-electron chi connectivity index (χ0n) is 25.1. The zero-order valence-corrected chi connectivity index (χ0v) is 25.1. The van der Waals surface area contributed by atoms with Crippen molar-refractivity contribution in [1.29, 1.82) is 0 Å². The summed E-state index contributed by atoms with van der Waals surface area (Å²) in [6.07, 6.45) is 4.15. The predicted molar refractivity (Wildman–Crippen MR) is 162 cm³/mol. The monoisotopic (exact) mass is 590 g/mol. The molecule has 11 heteroatoms. The average molecular weight is 591 g/mol. The topological polar surface area (TPSA) is 149 Å². The lowest BCUT2D eigenvalue weighted by Crippen LogP contribution is -2.56. The number of likely N-dealkylation sites (N-methyl/N-ethyl adjacent to an activating group) is 1. The summed E-state index contributed by atoms with van der Waals surface area (Å²) in [6.45, 7) is 2.19. The van der Waals surface area contributed by atoms with Gasteiger partial charge in [0.1, 0.15) is 12.1 Å². The summed E-state index contributed by atoms with van der Waals surface area (Å²) in [5.41, 5.74) is 3.02. The van der Waals surface area contributed by atoms with E-state index in [1.165, 1.54) is 18.7 Å². The molecule has 4 atom stereocenters. The quantitative estimate of drug-likeness (QED) is 0.268. The molecule has 230 valence electrons. The van der Waals surface area contributed by atoms with Gasteiger partial charge in [-0.2, -0.15) is 0 Å². The van der Waals surface area contributed by atoms with Crippen LogP contribution in [0, 0.1) is 0 Å². The van der Waals surface area contributed by atoms with E-state index in [9.17, 15) is 24.0 Å². The molecule has 0 radical (unpaired) electrons. The summed E-state index contributed by atoms with van der Waals surface area (Å²) in [7, 11) is 3.16. The smallest absolute Gasteiger partial charge is 0.251 e. The van der Waals surface area contributed by atoms with Crippen molar-refractivity contribution in [2.75, 3.05) is 27.2 Å². The van der Waals surface area contributed by atoms with E-state index in [4.69, 9.17) is 0 Å². The highest BCUT2D eigenvalue weighted by Crippen LogP contribution is 2.30. The van der Waals surface area contributed by atoms with Crippen LogP contribution in [0.1, 0.15) is 76.9 Å². The minimum absolute atomic E-state index is 0.0945. The molecule has 11 nitrogen and oxygen atoms in total. The number of benzene rings is 2. The molecule has 0 aromatic heterocycles. The first-order valence-corrected chi connectivity index (χ1v) is 15.0. The Morgan fingerprint density at radius 2 is 1.67 bits per heavy atom. The van der Waals surface area contributed by atoms with E-state index >= 15 is 0 Å². The third-order valence-electron chi connectivity index (χ3n) is 8.30. The Morgan fingerprint density at radius 1 is 0.930 bits per heavy atom. The molecule has 1 heterocycles. The van der Waals surface area contributed by atoms with Gasteiger partial charge in [0.2, 0.25) is 17.7 Å². The minimum Gasteiger partial charge on any atom is -0.355 e. The first-order valence-electron chi connectivity index (χ1n) is 15.0. The number of nitrogens with one attached hydrogen (secondary N) is 5. The van der Waals surface area contributed by atoms with E-state index in [2.05, 4.69) is 38.7 Å². The second kappa shape index (κ2) is 14.8. The lowest BCUT2D eigenvalue weighted by molar-refractivity contribution is -0.142. The molecule has 2 aromatic carbocycles. The van der Waals surface area contributed by atoms with E-state index in [1.807, 2.05) is 12.1 Å². The van der Waals surface area contributed by atoms with Crippen molar-refractivity contribution in [2.24, 2.45) is 0 Å². The molecular formula is C32H42N6O5. The summed E-state index contributed by atoms with van der Waals surface area (Å²) in [5, 5.41) is 14.2. The Hall–Kier alpha value is -4.25. The van der Waals surface area contributed by atoms with Crippen LogP contribution in [0.25, 0.3) is 0 Å². The number of carbonyl (C=O) groups is 5. The average Bonchev–Trinajstić information content (AvgIpc) is 3.53. The normalized spacial score (nSPS) is 19.0. The summed E-state index contributed by atoms with van der Waals surface area (Å²) in [4.78, 5) is 66.5. The Kier molecular flexibility index (Phi) is 10.9. The maximum atomic E-state index is 13.8. The van der Waals surface area contributed by atoms with Crippen molar-refractivity contribution in [3.63, 3.8) is 0 Å². The van der Waals surface area contributed by atoms with Crippen LogP contribution < -0.4 is 26.6 Å². The minimum atomic E-state index is -0.940. The molecule has 1 aliphatic heterocycles. The first-order chi connectivity index (χ1) is 20.7. The Balaban J connectivity index is 1.43. The summed E-state index contributed by atoms with van der Waals surface area (Å²) in [6, 6.07) is 12.2. The highest BCUT2D eigenvalue weighted by molar-refractivity contribution is 5.99. The van der Waals surface area contributed by atoms with Crippen LogP contribution in [0.2, 0.25) is 0 Å². The Morgan fingerprint density at radius 3 is 2.42 bits per heavy atom. The number of fused-ring (bicyclic) bond motifs is 1. The van der Waals surface area contributed by atoms with E-state index in [1.54, 1.807) is 37.1 Å². The fraction of sp³-hybridized carbons (Fsp3) is 0.469. The van der Waals surface area contributed by atoms with E-state index in [0.29, 0.717) is 30.5 Å². The lowest BCUT2D eigenvalue weighted by Gasteiger charge is -2.32. The third-order valence-corrected chi connectivity index (χ3v) is 8.30. The number of rotatable bonds is 11. The van der Waals surface area contributed by atoms with Gasteiger partial charge in [0.15, 0.2) is 0 Å². The van der Waals surface area contributed by atoms with Gasteiger partial charge in [0.25, 0.3) is 11.8 Å². The molecule has 0 unspecified atom stereocenters. The highest BCUT2D eigenvalue weighted by atomic mass is 16.2. The SMILES string of the molecule is CNC(=O)c1cccc(C(=O)NCC[C@H](NC(=O)[C@H](C)NC)C(=O)N2CCC[C@H]2C(=O)N[C@@H]2CCCc3ccccc32)c1. The van der Waals surface area contributed by atoms with Crippen LogP contribution in [0.5, 0.6) is 0 Å². The largest absolute Gasteiger partial charge is 0.355 e. The van der Waals surface area contributed by atoms with E-state index in [-0.39, 0.29) is 42.6 Å². The van der Waals surface area contributed by atoms with Crippen molar-refractivity contribution in [2.45, 2.75) is 69.6 Å². The molecule has 2 aromatic rings. The van der Waals surface area contributed by atoms with Crippen LogP contribution >= 0.6 is 0 Å². The maximum absolute atomic E-state index is 13.8. The van der Waals surface area contributed by atoms with E-state index < -0.39 is 24.0 Å². The van der Waals surface area contributed by atoms with Crippen molar-refractivity contribution in [1.82, 2.24) is 31.5 Å². The number of likely N-dealkylation sites (tertiary alicyclic amines) is 1. The second-order valence-electron chi connectivity index (χ2n) is 11.1. The van der Waals surface area contributed by atoms with Crippen molar-refractivity contribution < 1.29 is 24.0 Å². The van der Waals surface area contributed by atoms with Gasteiger partial charge in [-0.3, -0.25) is 24.0 Å². The number of aryl methyl sites for hydroxylation is 1. The Bertz CT molecular complexity index is 1350. The van der Waals surface area contributed by atoms with Crippen molar-refractivity contribution in [3.05, 3.63) is 70.8 Å². The fourth-order valence-electron chi connectivity index (χ4n) is 5.74. The standard InChI is InChI=1S/C32H42N6O5/c1-20(33-2)28(39)37-26(16-17-35-30(41)23-12-6-11-22(19-23)29(40)34-3)32(43)38-18-8-15-27(38)31(42)36-25-14-7-10-21-9-4-5-13-24(21)25/h4-6,9,11-13,19-20,25-27,33H,7-8,10,14-18H2,1-3H3,(H,34,40)(H,35,41)(H,36,42)(H,37,39)/t20-,25+,26-,27-/m0/s1. The molecular weight excluding hydrogens is 548 g/mol. The van der Waals surface area contributed by atoms with Gasteiger partial charge in [-0.25, -0.2) is 0 Å². The van der Waals surface area contributed by atoms with Crippen LogP contribution in [-0.2, 0) is 20.8 Å². The van der Waals surface area contributed by atoms with Crippen LogP contribution in [0.15, 0.2) is 48.5 Å². The van der Waals surface area contributed by atoms with Gasteiger partial charge >= 0.3 is 0 Å². The molecule has 5 N–H and O–H groups in total. The van der Waals surface area contributed by atoms with Crippen LogP contribution in [0.3, 0.4) is 0 Å². The van der Waals surface area contributed by atoms with Gasteiger partial charge in [-0.05, 0) is 81.8 Å². The molecule has 5 amide bonds. The Labute approximate surface area is 252 Å². The number of hydrogen-bond acceptors (Lipinski definition) is 6. The summed E-state index contributed by atoms with van der Waals surface area (Å²) < 4.78 is 0. The lowest BCUT2D eigenvalue weighted by atomic mass is 9.87. The fourth-order valence-corrected chi connectivity index (χ4v) is 5.74. The van der Waals surface area contributed by atoms with Crippen LogP contribution in [0.4, 0.5) is 0 Å². The molecule has 1 aliphatic carbocycles. The molecule has 1 saturated heterocycles. The third kappa shape index (κ3) is 7.78. The van der Waals surface area contributed by atoms with Gasteiger partial charge in [0, 0.05) is 31.3 Å². The van der Waals surface area contributed by atoms with Gasteiger partial charge < -0.3 is 31.5 Å². The molecule has 2 aliphatic rings.